The van der Waals surface area contributed by atoms with Crippen molar-refractivity contribution in [1.29, 1.82) is 0 Å². The molecule has 5 heteroatoms. The average molecular weight is 331 g/mol. The number of ether oxygens (including phenoxy) is 1. The van der Waals surface area contributed by atoms with Gasteiger partial charge in [0.15, 0.2) is 0 Å². The molecule has 0 unspecified atom stereocenters. The normalized spacial score (nSPS) is 10.3. The summed E-state index contributed by atoms with van der Waals surface area (Å²) in [6, 6.07) is 5.88. The van der Waals surface area contributed by atoms with E-state index in [0.29, 0.717) is 4.99 Å². The molecule has 0 amide bonds. The third-order valence-electron chi connectivity index (χ3n) is 2.59. The highest BCUT2D eigenvalue weighted by atomic mass is 79.9. The van der Waals surface area contributed by atoms with Crippen LogP contribution in [0.5, 0.6) is 0 Å². The Hall–Kier alpha value is -0.650. The zero-order valence-electron chi connectivity index (χ0n) is 10.5. The molecule has 0 bridgehead atoms. The first-order chi connectivity index (χ1) is 8.65. The van der Waals surface area contributed by atoms with Gasteiger partial charge in [-0.3, -0.25) is 0 Å². The molecular formula is C13H19BrN2OS. The summed E-state index contributed by atoms with van der Waals surface area (Å²) in [5.74, 6) is 0. The number of hydrogen-bond acceptors (Lipinski definition) is 3. The maximum absolute atomic E-state index is 5.69. The van der Waals surface area contributed by atoms with Crippen molar-refractivity contribution in [3.8, 4) is 0 Å². The van der Waals surface area contributed by atoms with Gasteiger partial charge in [0.25, 0.3) is 0 Å². The zero-order valence-corrected chi connectivity index (χ0v) is 12.9. The molecule has 0 aliphatic carbocycles. The maximum atomic E-state index is 5.69. The molecule has 0 aliphatic heterocycles. The predicted molar refractivity (Wildman–Crippen MR) is 84.2 cm³/mol. The number of nitrogens with one attached hydrogen (secondary N) is 1. The van der Waals surface area contributed by atoms with Gasteiger partial charge >= 0.3 is 0 Å². The summed E-state index contributed by atoms with van der Waals surface area (Å²) in [6.45, 7) is 1.74. The van der Waals surface area contributed by atoms with Crippen LogP contribution in [0.25, 0.3) is 0 Å². The molecule has 3 nitrogen and oxygen atoms in total. The smallest absolute Gasteiger partial charge is 0.106 e. The number of nitrogens with two attached hydrogens (primary N) is 1. The molecule has 1 aromatic carbocycles. The van der Waals surface area contributed by atoms with Gasteiger partial charge in [0, 0.05) is 36.0 Å². The van der Waals surface area contributed by atoms with Crippen LogP contribution in [0, 0.1) is 0 Å². The van der Waals surface area contributed by atoms with Gasteiger partial charge in [0.05, 0.1) is 0 Å². The van der Waals surface area contributed by atoms with Crippen molar-refractivity contribution in [2.45, 2.75) is 19.3 Å². The average Bonchev–Trinajstić information content (AvgIpc) is 2.33. The molecule has 1 aromatic rings. The number of unbranched alkanes of at least 4 members (excludes halogenated alkanes) is 2. The SMILES string of the molecule is COCCCCCNc1cc(Br)ccc1C(N)=S. The van der Waals surface area contributed by atoms with E-state index in [1.54, 1.807) is 7.11 Å². The number of anilines is 1. The van der Waals surface area contributed by atoms with E-state index in [9.17, 15) is 0 Å². The van der Waals surface area contributed by atoms with E-state index >= 15 is 0 Å². The molecule has 18 heavy (non-hydrogen) atoms. The Balaban J connectivity index is 2.45. The minimum Gasteiger partial charge on any atom is -0.389 e. The highest BCUT2D eigenvalue weighted by Crippen LogP contribution is 2.21. The lowest BCUT2D eigenvalue weighted by Gasteiger charge is -2.11. The van der Waals surface area contributed by atoms with Gasteiger partial charge in [0.1, 0.15) is 4.99 Å². The molecule has 3 N–H and O–H groups in total. The Kier molecular flexibility index (Phi) is 7.23. The van der Waals surface area contributed by atoms with Crippen LogP contribution >= 0.6 is 28.1 Å². The van der Waals surface area contributed by atoms with Gasteiger partial charge < -0.3 is 15.8 Å². The molecular weight excluding hydrogens is 312 g/mol. The van der Waals surface area contributed by atoms with Gasteiger partial charge in [-0.1, -0.05) is 28.1 Å². The molecule has 1 rings (SSSR count). The Labute approximate surface area is 122 Å². The molecule has 0 saturated carbocycles. The molecule has 0 spiro atoms. The number of halogens is 1. The van der Waals surface area contributed by atoms with Crippen LogP contribution in [-0.2, 0) is 4.74 Å². The summed E-state index contributed by atoms with van der Waals surface area (Å²) < 4.78 is 6.03. The standard InChI is InChI=1S/C13H19BrN2OS/c1-17-8-4-2-3-7-16-12-9-10(14)5-6-11(12)13(15)18/h5-6,9,16H,2-4,7-8H2,1H3,(H2,15,18). The predicted octanol–water partition coefficient (Wildman–Crippen LogP) is 3.31. The first-order valence-corrected chi connectivity index (χ1v) is 7.17. The van der Waals surface area contributed by atoms with Gasteiger partial charge in [-0.25, -0.2) is 0 Å². The van der Waals surface area contributed by atoms with E-state index in [-0.39, 0.29) is 0 Å². The summed E-state index contributed by atoms with van der Waals surface area (Å²) in [5.41, 5.74) is 7.58. The molecule has 0 radical (unpaired) electrons. The van der Waals surface area contributed by atoms with Crippen LogP contribution < -0.4 is 11.1 Å². The minimum absolute atomic E-state index is 0.421. The number of benzene rings is 1. The molecule has 0 saturated heterocycles. The molecule has 0 fully saturated rings. The van der Waals surface area contributed by atoms with Crippen molar-refractivity contribution < 1.29 is 4.74 Å². The Morgan fingerprint density at radius 3 is 2.83 bits per heavy atom. The van der Waals surface area contributed by atoms with Gasteiger partial charge in [-0.05, 0) is 37.5 Å². The Morgan fingerprint density at radius 1 is 1.39 bits per heavy atom. The van der Waals surface area contributed by atoms with Crippen molar-refractivity contribution in [3.63, 3.8) is 0 Å². The van der Waals surface area contributed by atoms with Crippen LogP contribution in [0.4, 0.5) is 5.69 Å². The van der Waals surface area contributed by atoms with E-state index in [4.69, 9.17) is 22.7 Å². The third-order valence-corrected chi connectivity index (χ3v) is 3.30. The van der Waals surface area contributed by atoms with Gasteiger partial charge in [0.2, 0.25) is 0 Å². The summed E-state index contributed by atoms with van der Waals surface area (Å²) in [4.78, 5) is 0.421. The van der Waals surface area contributed by atoms with Crippen LogP contribution in [0.1, 0.15) is 24.8 Å². The highest BCUT2D eigenvalue weighted by molar-refractivity contribution is 9.10. The summed E-state index contributed by atoms with van der Waals surface area (Å²) >= 11 is 8.48. The van der Waals surface area contributed by atoms with E-state index in [2.05, 4.69) is 21.2 Å². The first kappa shape index (κ1) is 15.4. The van der Waals surface area contributed by atoms with Gasteiger partial charge in [-0.15, -0.1) is 0 Å². The lowest BCUT2D eigenvalue weighted by Crippen LogP contribution is -2.13. The summed E-state index contributed by atoms with van der Waals surface area (Å²) in [7, 11) is 1.73. The largest absolute Gasteiger partial charge is 0.389 e. The molecule has 0 aromatic heterocycles. The summed E-state index contributed by atoms with van der Waals surface area (Å²) in [6.07, 6.45) is 3.35. The van der Waals surface area contributed by atoms with E-state index in [1.165, 1.54) is 0 Å². The Morgan fingerprint density at radius 2 is 2.17 bits per heavy atom. The zero-order chi connectivity index (χ0) is 13.4. The Bertz CT molecular complexity index is 399. The molecule has 0 atom stereocenters. The van der Waals surface area contributed by atoms with Crippen LogP contribution in [0.2, 0.25) is 0 Å². The van der Waals surface area contributed by atoms with Crippen molar-refractivity contribution in [2.75, 3.05) is 25.6 Å². The second-order valence-electron chi connectivity index (χ2n) is 4.03. The van der Waals surface area contributed by atoms with E-state index in [1.807, 2.05) is 18.2 Å². The number of hydrogen-bond donors (Lipinski definition) is 2. The molecule has 100 valence electrons. The van der Waals surface area contributed by atoms with Crippen LogP contribution in [0.3, 0.4) is 0 Å². The van der Waals surface area contributed by atoms with Gasteiger partial charge in [-0.2, -0.15) is 0 Å². The third kappa shape index (κ3) is 5.33. The topological polar surface area (TPSA) is 47.3 Å². The van der Waals surface area contributed by atoms with Crippen LogP contribution in [0.15, 0.2) is 22.7 Å². The highest BCUT2D eigenvalue weighted by Gasteiger charge is 2.05. The van der Waals surface area contributed by atoms with Crippen molar-refractivity contribution in [3.05, 3.63) is 28.2 Å². The van der Waals surface area contributed by atoms with Crippen molar-refractivity contribution in [2.24, 2.45) is 5.73 Å². The second-order valence-corrected chi connectivity index (χ2v) is 5.39. The fraction of sp³-hybridized carbons (Fsp3) is 0.462. The monoisotopic (exact) mass is 330 g/mol. The molecule has 0 heterocycles. The lowest BCUT2D eigenvalue weighted by molar-refractivity contribution is 0.192. The number of methoxy groups -OCH3 is 1. The minimum atomic E-state index is 0.421. The number of rotatable bonds is 8. The maximum Gasteiger partial charge on any atom is 0.106 e. The number of thiocarbonyl (C=S) groups is 1. The summed E-state index contributed by atoms with van der Waals surface area (Å²) in [5, 5.41) is 3.37. The first-order valence-electron chi connectivity index (χ1n) is 5.97. The molecule has 0 aliphatic rings. The van der Waals surface area contributed by atoms with Crippen molar-refractivity contribution >= 4 is 38.8 Å². The fourth-order valence-electron chi connectivity index (χ4n) is 1.65. The van der Waals surface area contributed by atoms with Crippen LogP contribution in [-0.4, -0.2) is 25.2 Å². The lowest BCUT2D eigenvalue weighted by atomic mass is 10.1. The van der Waals surface area contributed by atoms with Crippen molar-refractivity contribution in [1.82, 2.24) is 0 Å². The van der Waals surface area contributed by atoms with E-state index in [0.717, 1.165) is 48.1 Å². The second kappa shape index (κ2) is 8.45. The fourth-order valence-corrected chi connectivity index (χ4v) is 2.19. The van der Waals surface area contributed by atoms with E-state index < -0.39 is 0 Å². The quantitative estimate of drug-likeness (QED) is 0.567.